The molecule has 1 aromatic carbocycles. The Morgan fingerprint density at radius 3 is 2.57 bits per heavy atom. The summed E-state index contributed by atoms with van der Waals surface area (Å²) in [5.41, 5.74) is 1.21. The third-order valence-electron chi connectivity index (χ3n) is 2.84. The topological polar surface area (TPSA) is 45.7 Å². The van der Waals surface area contributed by atoms with E-state index in [1.807, 2.05) is 18.2 Å². The predicted octanol–water partition coefficient (Wildman–Crippen LogP) is 3.07. The number of para-hydroxylation sites is 1. The van der Waals surface area contributed by atoms with E-state index < -0.39 is 0 Å². The number of hydrogen-bond acceptors (Lipinski definition) is 2. The Bertz CT molecular complexity index is 422. The molecule has 0 atom stereocenters. The zero-order valence-corrected chi connectivity index (χ0v) is 15.8. The summed E-state index contributed by atoms with van der Waals surface area (Å²) < 4.78 is 5.36. The Labute approximate surface area is 145 Å². The first-order valence-corrected chi connectivity index (χ1v) is 7.31. The lowest BCUT2D eigenvalue weighted by Gasteiger charge is -2.13. The van der Waals surface area contributed by atoms with Gasteiger partial charge in [-0.15, -0.1) is 24.0 Å². The second-order valence-corrected chi connectivity index (χ2v) is 5.10. The van der Waals surface area contributed by atoms with Gasteiger partial charge in [-0.1, -0.05) is 32.0 Å². The number of rotatable bonds is 7. The maximum absolute atomic E-state index is 5.36. The number of methoxy groups -OCH3 is 1. The zero-order chi connectivity index (χ0) is 14.8. The van der Waals surface area contributed by atoms with Crippen LogP contribution in [0.4, 0.5) is 0 Å². The molecule has 4 nitrogen and oxygen atoms in total. The van der Waals surface area contributed by atoms with Crippen molar-refractivity contribution in [1.29, 1.82) is 0 Å². The van der Waals surface area contributed by atoms with Gasteiger partial charge in [0.25, 0.3) is 0 Å². The van der Waals surface area contributed by atoms with E-state index in [-0.39, 0.29) is 24.0 Å². The summed E-state index contributed by atoms with van der Waals surface area (Å²) in [5.74, 6) is 2.40. The standard InChI is InChI=1S/C16H27N3O.HI/c1-5-17-16(19-12-13(2)3)18-11-10-14-8-6-7-9-15(14)20-4;/h6-9,13H,5,10-12H2,1-4H3,(H2,17,18,19);1H. The number of guanidine groups is 1. The molecule has 1 aromatic rings. The molecule has 0 unspecified atom stereocenters. The molecule has 0 spiro atoms. The Morgan fingerprint density at radius 1 is 1.24 bits per heavy atom. The van der Waals surface area contributed by atoms with Crippen LogP contribution in [0.1, 0.15) is 26.3 Å². The molecule has 0 saturated heterocycles. The van der Waals surface area contributed by atoms with Crippen molar-refractivity contribution in [2.45, 2.75) is 27.2 Å². The van der Waals surface area contributed by atoms with Crippen LogP contribution in [0.15, 0.2) is 29.3 Å². The number of ether oxygens (including phenoxy) is 1. The van der Waals surface area contributed by atoms with Crippen LogP contribution in [-0.4, -0.2) is 32.7 Å². The van der Waals surface area contributed by atoms with Gasteiger partial charge < -0.3 is 15.4 Å². The van der Waals surface area contributed by atoms with E-state index in [1.54, 1.807) is 7.11 Å². The highest BCUT2D eigenvalue weighted by Crippen LogP contribution is 2.17. The second kappa shape index (κ2) is 11.7. The van der Waals surface area contributed by atoms with Gasteiger partial charge in [0.1, 0.15) is 5.75 Å². The fourth-order valence-corrected chi connectivity index (χ4v) is 1.84. The minimum absolute atomic E-state index is 0. The molecule has 0 aliphatic heterocycles. The van der Waals surface area contributed by atoms with Gasteiger partial charge in [0.05, 0.1) is 7.11 Å². The smallest absolute Gasteiger partial charge is 0.191 e. The molecule has 0 aliphatic rings. The first-order valence-electron chi connectivity index (χ1n) is 7.31. The van der Waals surface area contributed by atoms with Gasteiger partial charge in [0, 0.05) is 19.6 Å². The summed E-state index contributed by atoms with van der Waals surface area (Å²) in [6, 6.07) is 8.12. The van der Waals surface area contributed by atoms with Crippen molar-refractivity contribution in [3.8, 4) is 5.75 Å². The molecule has 0 amide bonds. The minimum atomic E-state index is 0. The van der Waals surface area contributed by atoms with Crippen molar-refractivity contribution in [2.75, 3.05) is 26.7 Å². The number of halogens is 1. The molecule has 2 N–H and O–H groups in total. The maximum Gasteiger partial charge on any atom is 0.191 e. The summed E-state index contributed by atoms with van der Waals surface area (Å²) in [6.07, 6.45) is 0.913. The molecule has 0 bridgehead atoms. The first-order chi connectivity index (χ1) is 9.67. The third-order valence-corrected chi connectivity index (χ3v) is 2.84. The number of nitrogens with one attached hydrogen (secondary N) is 2. The Kier molecular flexibility index (Phi) is 11.1. The molecule has 0 aromatic heterocycles. The molecule has 0 radical (unpaired) electrons. The Hall–Kier alpha value is -0.980. The third kappa shape index (κ3) is 8.14. The van der Waals surface area contributed by atoms with E-state index >= 15 is 0 Å². The van der Waals surface area contributed by atoms with E-state index in [0.29, 0.717) is 5.92 Å². The number of hydrogen-bond donors (Lipinski definition) is 2. The van der Waals surface area contributed by atoms with Gasteiger partial charge in [0.15, 0.2) is 5.96 Å². The summed E-state index contributed by atoms with van der Waals surface area (Å²) in [6.45, 7) is 8.96. The molecular weight excluding hydrogens is 377 g/mol. The van der Waals surface area contributed by atoms with Crippen molar-refractivity contribution >= 4 is 29.9 Å². The van der Waals surface area contributed by atoms with Crippen LogP contribution < -0.4 is 15.4 Å². The fraction of sp³-hybridized carbons (Fsp3) is 0.562. The van der Waals surface area contributed by atoms with Crippen molar-refractivity contribution in [2.24, 2.45) is 10.9 Å². The second-order valence-electron chi connectivity index (χ2n) is 5.10. The normalized spacial score (nSPS) is 11.0. The summed E-state index contributed by atoms with van der Waals surface area (Å²) in [7, 11) is 1.71. The SMILES string of the molecule is CCNC(=NCC(C)C)NCCc1ccccc1OC.I. The zero-order valence-electron chi connectivity index (χ0n) is 13.5. The molecule has 120 valence electrons. The molecule has 21 heavy (non-hydrogen) atoms. The van der Waals surface area contributed by atoms with Gasteiger partial charge in [-0.3, -0.25) is 4.99 Å². The van der Waals surface area contributed by atoms with E-state index in [1.165, 1.54) is 5.56 Å². The van der Waals surface area contributed by atoms with E-state index in [0.717, 1.165) is 37.8 Å². The largest absolute Gasteiger partial charge is 0.496 e. The highest BCUT2D eigenvalue weighted by atomic mass is 127. The van der Waals surface area contributed by atoms with Gasteiger partial charge in [-0.2, -0.15) is 0 Å². The lowest BCUT2D eigenvalue weighted by molar-refractivity contribution is 0.409. The van der Waals surface area contributed by atoms with E-state index in [4.69, 9.17) is 4.74 Å². The van der Waals surface area contributed by atoms with Crippen LogP contribution >= 0.6 is 24.0 Å². The number of aliphatic imine (C=N–C) groups is 1. The quantitative estimate of drug-likeness (QED) is 0.417. The summed E-state index contributed by atoms with van der Waals surface area (Å²) >= 11 is 0. The average Bonchev–Trinajstić information content (AvgIpc) is 2.45. The first kappa shape index (κ1) is 20.0. The number of nitrogens with zero attached hydrogens (tertiary/aromatic N) is 1. The highest BCUT2D eigenvalue weighted by Gasteiger charge is 2.02. The van der Waals surface area contributed by atoms with Crippen molar-refractivity contribution in [3.05, 3.63) is 29.8 Å². The lowest BCUT2D eigenvalue weighted by Crippen LogP contribution is -2.38. The van der Waals surface area contributed by atoms with Crippen LogP contribution in [-0.2, 0) is 6.42 Å². The van der Waals surface area contributed by atoms with E-state index in [2.05, 4.69) is 42.5 Å². The van der Waals surface area contributed by atoms with Crippen LogP contribution in [0.5, 0.6) is 5.75 Å². The van der Waals surface area contributed by atoms with Crippen LogP contribution in [0.25, 0.3) is 0 Å². The minimum Gasteiger partial charge on any atom is -0.496 e. The lowest BCUT2D eigenvalue weighted by atomic mass is 10.1. The predicted molar refractivity (Wildman–Crippen MR) is 101 cm³/mol. The van der Waals surface area contributed by atoms with Crippen molar-refractivity contribution in [3.63, 3.8) is 0 Å². The molecule has 0 saturated carbocycles. The van der Waals surface area contributed by atoms with Crippen LogP contribution in [0.2, 0.25) is 0 Å². The fourth-order valence-electron chi connectivity index (χ4n) is 1.84. The molecular formula is C16H28IN3O. The van der Waals surface area contributed by atoms with Gasteiger partial charge in [-0.25, -0.2) is 0 Å². The Balaban J connectivity index is 0.00000400. The highest BCUT2D eigenvalue weighted by molar-refractivity contribution is 14.0. The van der Waals surface area contributed by atoms with Crippen LogP contribution in [0, 0.1) is 5.92 Å². The van der Waals surface area contributed by atoms with Gasteiger partial charge in [0.2, 0.25) is 0 Å². The molecule has 1 rings (SSSR count). The van der Waals surface area contributed by atoms with Gasteiger partial charge >= 0.3 is 0 Å². The van der Waals surface area contributed by atoms with Crippen LogP contribution in [0.3, 0.4) is 0 Å². The molecule has 0 aliphatic carbocycles. The van der Waals surface area contributed by atoms with Crippen molar-refractivity contribution < 1.29 is 4.74 Å². The maximum atomic E-state index is 5.36. The molecule has 0 fully saturated rings. The van der Waals surface area contributed by atoms with E-state index in [9.17, 15) is 0 Å². The van der Waals surface area contributed by atoms with Gasteiger partial charge in [-0.05, 0) is 30.9 Å². The summed E-state index contributed by atoms with van der Waals surface area (Å²) in [4.78, 5) is 4.55. The molecule has 5 heteroatoms. The average molecular weight is 405 g/mol. The summed E-state index contributed by atoms with van der Waals surface area (Å²) in [5, 5.41) is 6.62. The monoisotopic (exact) mass is 405 g/mol. The number of benzene rings is 1. The Morgan fingerprint density at radius 2 is 1.95 bits per heavy atom. The molecule has 0 heterocycles. The van der Waals surface area contributed by atoms with Crippen molar-refractivity contribution in [1.82, 2.24) is 10.6 Å².